The Morgan fingerprint density at radius 3 is 2.76 bits per heavy atom. The SMILES string of the molecule is C=CC=CC(/C=N/C=C)/C(F)=C/OCC(C)O. The van der Waals surface area contributed by atoms with Gasteiger partial charge in [-0.1, -0.05) is 31.4 Å². The molecule has 0 aromatic rings. The van der Waals surface area contributed by atoms with E-state index in [1.807, 2.05) is 0 Å². The molecule has 94 valence electrons. The zero-order valence-corrected chi connectivity index (χ0v) is 9.92. The summed E-state index contributed by atoms with van der Waals surface area (Å²) in [4.78, 5) is 3.76. The molecule has 0 aliphatic heterocycles. The summed E-state index contributed by atoms with van der Waals surface area (Å²) in [5.74, 6) is -1.13. The van der Waals surface area contributed by atoms with Crippen LogP contribution in [0.1, 0.15) is 6.92 Å². The van der Waals surface area contributed by atoms with Crippen molar-refractivity contribution in [1.82, 2.24) is 0 Å². The third-order valence-electron chi connectivity index (χ3n) is 1.66. The number of aliphatic hydroxyl groups excluding tert-OH is 1. The third kappa shape index (κ3) is 8.16. The van der Waals surface area contributed by atoms with Crippen molar-refractivity contribution in [3.63, 3.8) is 0 Å². The lowest BCUT2D eigenvalue weighted by Crippen LogP contribution is -2.08. The number of rotatable bonds is 8. The smallest absolute Gasteiger partial charge is 0.146 e. The normalized spacial score (nSPS) is 16.1. The van der Waals surface area contributed by atoms with Gasteiger partial charge in [-0.25, -0.2) is 4.39 Å². The van der Waals surface area contributed by atoms with Crippen molar-refractivity contribution in [2.24, 2.45) is 10.9 Å². The van der Waals surface area contributed by atoms with Gasteiger partial charge in [-0.05, 0) is 6.92 Å². The van der Waals surface area contributed by atoms with Gasteiger partial charge >= 0.3 is 0 Å². The molecule has 0 radical (unpaired) electrons. The topological polar surface area (TPSA) is 41.8 Å². The van der Waals surface area contributed by atoms with E-state index in [-0.39, 0.29) is 6.61 Å². The molecule has 3 nitrogen and oxygen atoms in total. The van der Waals surface area contributed by atoms with Gasteiger partial charge in [-0.2, -0.15) is 0 Å². The van der Waals surface area contributed by atoms with E-state index in [0.717, 1.165) is 6.26 Å². The second-order valence-electron chi connectivity index (χ2n) is 3.31. The van der Waals surface area contributed by atoms with E-state index in [1.165, 1.54) is 12.4 Å². The van der Waals surface area contributed by atoms with Crippen molar-refractivity contribution >= 4 is 6.21 Å². The van der Waals surface area contributed by atoms with Crippen LogP contribution >= 0.6 is 0 Å². The summed E-state index contributed by atoms with van der Waals surface area (Å²) in [6.45, 7) is 8.51. The summed E-state index contributed by atoms with van der Waals surface area (Å²) in [7, 11) is 0. The van der Waals surface area contributed by atoms with Crippen LogP contribution in [0.5, 0.6) is 0 Å². The second kappa shape index (κ2) is 9.54. The van der Waals surface area contributed by atoms with Crippen LogP contribution in [0.25, 0.3) is 0 Å². The predicted molar refractivity (Wildman–Crippen MR) is 68.3 cm³/mol. The number of nitrogens with zero attached hydrogens (tertiary/aromatic N) is 1. The summed E-state index contributed by atoms with van der Waals surface area (Å²) < 4.78 is 18.5. The van der Waals surface area contributed by atoms with Crippen molar-refractivity contribution in [2.75, 3.05) is 6.61 Å². The first-order chi connectivity index (χ1) is 8.11. The lowest BCUT2D eigenvalue weighted by atomic mass is 10.1. The Labute approximate surface area is 101 Å². The second-order valence-corrected chi connectivity index (χ2v) is 3.31. The van der Waals surface area contributed by atoms with Crippen molar-refractivity contribution in [3.8, 4) is 0 Å². The van der Waals surface area contributed by atoms with Crippen LogP contribution in [0.3, 0.4) is 0 Å². The Morgan fingerprint density at radius 2 is 2.24 bits per heavy atom. The molecule has 0 heterocycles. The van der Waals surface area contributed by atoms with E-state index < -0.39 is 17.8 Å². The molecule has 0 amide bonds. The van der Waals surface area contributed by atoms with Crippen LogP contribution in [0, 0.1) is 5.92 Å². The number of hydrogen-bond acceptors (Lipinski definition) is 3. The molecule has 0 aromatic heterocycles. The number of allylic oxidation sites excluding steroid dienone is 4. The van der Waals surface area contributed by atoms with Crippen LogP contribution in [-0.2, 0) is 4.74 Å². The van der Waals surface area contributed by atoms with E-state index in [4.69, 9.17) is 9.84 Å². The molecule has 1 N–H and O–H groups in total. The number of aliphatic hydroxyl groups is 1. The minimum atomic E-state index is -0.636. The highest BCUT2D eigenvalue weighted by atomic mass is 19.1. The number of ether oxygens (including phenoxy) is 1. The van der Waals surface area contributed by atoms with E-state index in [9.17, 15) is 4.39 Å². The molecule has 0 bridgehead atoms. The Kier molecular flexibility index (Phi) is 8.60. The highest BCUT2D eigenvalue weighted by Gasteiger charge is 2.08. The van der Waals surface area contributed by atoms with Crippen LogP contribution in [0.15, 0.2) is 54.7 Å². The quantitative estimate of drug-likeness (QED) is 0.402. The molecule has 0 fully saturated rings. The fourth-order valence-electron chi connectivity index (χ4n) is 0.910. The van der Waals surface area contributed by atoms with Gasteiger partial charge in [-0.3, -0.25) is 4.99 Å². The fourth-order valence-corrected chi connectivity index (χ4v) is 0.910. The van der Waals surface area contributed by atoms with Crippen LogP contribution in [-0.4, -0.2) is 24.0 Å². The molecular formula is C13H18FNO2. The Balaban J connectivity index is 4.54. The van der Waals surface area contributed by atoms with Crippen molar-refractivity contribution in [3.05, 3.63) is 49.7 Å². The van der Waals surface area contributed by atoms with Gasteiger partial charge in [-0.15, -0.1) is 0 Å². The van der Waals surface area contributed by atoms with Crippen LogP contribution in [0.4, 0.5) is 4.39 Å². The van der Waals surface area contributed by atoms with E-state index in [1.54, 1.807) is 25.2 Å². The number of hydrogen-bond donors (Lipinski definition) is 1. The van der Waals surface area contributed by atoms with Gasteiger partial charge in [0.05, 0.1) is 12.0 Å². The molecule has 2 atom stereocenters. The molecule has 0 saturated heterocycles. The molecular weight excluding hydrogens is 221 g/mol. The number of aliphatic imine (C=N–C) groups is 1. The molecule has 0 saturated carbocycles. The standard InChI is InChI=1S/C13H18FNO2/c1-4-6-7-12(8-15-5-2)13(14)10-17-9-11(3)16/h4-8,10-12,16H,1-2,9H2,3H3/b7-6?,13-10-,15-8+. The van der Waals surface area contributed by atoms with Crippen molar-refractivity contribution in [2.45, 2.75) is 13.0 Å². The largest absolute Gasteiger partial charge is 0.496 e. The van der Waals surface area contributed by atoms with Gasteiger partial charge in [0.2, 0.25) is 0 Å². The third-order valence-corrected chi connectivity index (χ3v) is 1.66. The number of halogens is 1. The molecule has 0 aliphatic carbocycles. The molecule has 0 aromatic carbocycles. The van der Waals surface area contributed by atoms with E-state index >= 15 is 0 Å². The Bertz CT molecular complexity index is 301. The van der Waals surface area contributed by atoms with Crippen molar-refractivity contribution < 1.29 is 14.2 Å². The predicted octanol–water partition coefficient (Wildman–Crippen LogP) is 2.77. The molecule has 0 aliphatic rings. The maximum absolute atomic E-state index is 13.6. The lowest BCUT2D eigenvalue weighted by molar-refractivity contribution is 0.0948. The van der Waals surface area contributed by atoms with Crippen LogP contribution < -0.4 is 0 Å². The maximum Gasteiger partial charge on any atom is 0.146 e. The first-order valence-electron chi connectivity index (χ1n) is 5.20. The average Bonchev–Trinajstić information content (AvgIpc) is 2.28. The molecule has 17 heavy (non-hydrogen) atoms. The summed E-state index contributed by atoms with van der Waals surface area (Å²) in [6.07, 6.45) is 7.78. The fraction of sp³-hybridized carbons (Fsp3) is 0.308. The summed E-state index contributed by atoms with van der Waals surface area (Å²) in [5, 5.41) is 8.94. The summed E-state index contributed by atoms with van der Waals surface area (Å²) in [5.41, 5.74) is 0. The van der Waals surface area contributed by atoms with Gasteiger partial charge in [0.25, 0.3) is 0 Å². The maximum atomic E-state index is 13.6. The highest BCUT2D eigenvalue weighted by molar-refractivity contribution is 5.67. The Morgan fingerprint density at radius 1 is 1.53 bits per heavy atom. The zero-order chi connectivity index (χ0) is 13.1. The Hall–Kier alpha value is -1.68. The average molecular weight is 239 g/mol. The van der Waals surface area contributed by atoms with Gasteiger partial charge in [0.1, 0.15) is 18.7 Å². The molecule has 4 heteroatoms. The lowest BCUT2D eigenvalue weighted by Gasteiger charge is -2.06. The first kappa shape index (κ1) is 15.3. The first-order valence-corrected chi connectivity index (χ1v) is 5.20. The minimum Gasteiger partial charge on any atom is -0.496 e. The van der Waals surface area contributed by atoms with Gasteiger partial charge in [0, 0.05) is 12.4 Å². The summed E-state index contributed by atoms with van der Waals surface area (Å²) >= 11 is 0. The minimum absolute atomic E-state index is 0.0455. The van der Waals surface area contributed by atoms with Gasteiger partial charge < -0.3 is 9.84 Å². The molecule has 0 spiro atoms. The van der Waals surface area contributed by atoms with Crippen LogP contribution in [0.2, 0.25) is 0 Å². The monoisotopic (exact) mass is 239 g/mol. The van der Waals surface area contributed by atoms with E-state index in [2.05, 4.69) is 18.2 Å². The van der Waals surface area contributed by atoms with E-state index in [0.29, 0.717) is 0 Å². The highest BCUT2D eigenvalue weighted by Crippen LogP contribution is 2.13. The summed E-state index contributed by atoms with van der Waals surface area (Å²) in [6, 6.07) is 0. The van der Waals surface area contributed by atoms with Crippen molar-refractivity contribution in [1.29, 1.82) is 0 Å². The van der Waals surface area contributed by atoms with Gasteiger partial charge in [0.15, 0.2) is 0 Å². The zero-order valence-electron chi connectivity index (χ0n) is 9.92. The molecule has 2 unspecified atom stereocenters. The molecule has 0 rings (SSSR count).